The quantitative estimate of drug-likeness (QED) is 0.939. The number of sulfone groups is 1. The van der Waals surface area contributed by atoms with Crippen LogP contribution < -0.4 is 5.32 Å². The van der Waals surface area contributed by atoms with Crippen LogP contribution in [0.4, 0.5) is 5.13 Å². The van der Waals surface area contributed by atoms with Crippen LogP contribution in [0.25, 0.3) is 10.2 Å². The highest BCUT2D eigenvalue weighted by Gasteiger charge is 2.05. The zero-order chi connectivity index (χ0) is 12.5. The molecule has 1 heterocycles. The Kier molecular flexibility index (Phi) is 3.56. The summed E-state index contributed by atoms with van der Waals surface area (Å²) in [5.41, 5.74) is 0.862. The lowest BCUT2D eigenvalue weighted by atomic mass is 10.3. The number of anilines is 1. The van der Waals surface area contributed by atoms with Crippen molar-refractivity contribution in [2.75, 3.05) is 23.9 Å². The van der Waals surface area contributed by atoms with Gasteiger partial charge in [-0.05, 0) is 18.2 Å². The summed E-state index contributed by atoms with van der Waals surface area (Å²) in [4.78, 5) is 4.33. The summed E-state index contributed by atoms with van der Waals surface area (Å²) in [6.07, 6.45) is 1.22. The summed E-state index contributed by atoms with van der Waals surface area (Å²) in [5, 5.41) is 4.38. The smallest absolute Gasteiger partial charge is 0.183 e. The molecule has 0 atom stereocenters. The second-order valence-corrected chi connectivity index (χ2v) is 7.41. The van der Waals surface area contributed by atoms with E-state index in [0.29, 0.717) is 16.7 Å². The summed E-state index contributed by atoms with van der Waals surface area (Å²) in [6.45, 7) is 0.367. The number of fused-ring (bicyclic) bond motifs is 1. The first-order valence-corrected chi connectivity index (χ1v) is 8.17. The van der Waals surface area contributed by atoms with Crippen LogP contribution in [0, 0.1) is 0 Å². The molecule has 0 aliphatic carbocycles. The molecule has 0 spiro atoms. The van der Waals surface area contributed by atoms with Gasteiger partial charge in [0.15, 0.2) is 5.13 Å². The molecule has 1 aromatic heterocycles. The molecule has 17 heavy (non-hydrogen) atoms. The minimum Gasteiger partial charge on any atom is -0.360 e. The molecule has 0 saturated carbocycles. The molecular weight excluding hydrogens is 280 g/mol. The van der Waals surface area contributed by atoms with Crippen LogP contribution in [-0.4, -0.2) is 32.0 Å². The molecule has 0 radical (unpaired) electrons. The monoisotopic (exact) mass is 290 g/mol. The van der Waals surface area contributed by atoms with E-state index >= 15 is 0 Å². The predicted molar refractivity (Wildman–Crippen MR) is 72.8 cm³/mol. The lowest BCUT2D eigenvalue weighted by Gasteiger charge is -1.99. The van der Waals surface area contributed by atoms with Gasteiger partial charge in [-0.15, -0.1) is 0 Å². The van der Waals surface area contributed by atoms with Gasteiger partial charge in [-0.2, -0.15) is 0 Å². The molecule has 1 N–H and O–H groups in total. The normalized spacial score (nSPS) is 11.9. The lowest BCUT2D eigenvalue weighted by Crippen LogP contribution is -2.13. The molecule has 0 fully saturated rings. The maximum Gasteiger partial charge on any atom is 0.183 e. The fourth-order valence-corrected chi connectivity index (χ4v) is 2.96. The highest BCUT2D eigenvalue weighted by Crippen LogP contribution is 2.27. The fourth-order valence-electron chi connectivity index (χ4n) is 1.32. The number of hydrogen-bond donors (Lipinski definition) is 1. The Morgan fingerprint density at radius 3 is 2.94 bits per heavy atom. The maximum atomic E-state index is 11.0. The van der Waals surface area contributed by atoms with Gasteiger partial charge in [-0.25, -0.2) is 13.4 Å². The molecular formula is C10H11ClN2O2S2. The minimum atomic E-state index is -2.94. The third-order valence-electron chi connectivity index (χ3n) is 2.10. The van der Waals surface area contributed by atoms with E-state index in [1.807, 2.05) is 12.1 Å². The number of nitrogens with one attached hydrogen (secondary N) is 1. The van der Waals surface area contributed by atoms with Gasteiger partial charge in [0.1, 0.15) is 9.84 Å². The van der Waals surface area contributed by atoms with Crippen molar-refractivity contribution in [3.8, 4) is 0 Å². The van der Waals surface area contributed by atoms with Gasteiger partial charge in [0.2, 0.25) is 0 Å². The molecule has 0 saturated heterocycles. The molecule has 4 nitrogen and oxygen atoms in total. The SMILES string of the molecule is CS(=O)(=O)CCNc1nc2ccc(Cl)cc2s1. The third kappa shape index (κ3) is 3.55. The van der Waals surface area contributed by atoms with Gasteiger partial charge in [-0.3, -0.25) is 0 Å². The minimum absolute atomic E-state index is 0.101. The first kappa shape index (κ1) is 12.6. The Morgan fingerprint density at radius 2 is 2.24 bits per heavy atom. The van der Waals surface area contributed by atoms with Crippen molar-refractivity contribution < 1.29 is 8.42 Å². The van der Waals surface area contributed by atoms with Crippen molar-refractivity contribution in [3.05, 3.63) is 23.2 Å². The summed E-state index contributed by atoms with van der Waals surface area (Å²) in [7, 11) is -2.94. The molecule has 0 bridgehead atoms. The molecule has 0 aliphatic heterocycles. The average Bonchev–Trinajstić information content (AvgIpc) is 2.57. The fraction of sp³-hybridized carbons (Fsp3) is 0.300. The van der Waals surface area contributed by atoms with E-state index in [2.05, 4.69) is 10.3 Å². The predicted octanol–water partition coefficient (Wildman–Crippen LogP) is 2.41. The van der Waals surface area contributed by atoms with Crippen molar-refractivity contribution in [2.24, 2.45) is 0 Å². The van der Waals surface area contributed by atoms with E-state index in [9.17, 15) is 8.42 Å². The highest BCUT2D eigenvalue weighted by atomic mass is 35.5. The number of aromatic nitrogens is 1. The standard InChI is InChI=1S/C10H11ClN2O2S2/c1-17(14,15)5-4-12-10-13-8-3-2-7(11)6-9(8)16-10/h2-3,6H,4-5H2,1H3,(H,12,13). The van der Waals surface area contributed by atoms with E-state index in [1.54, 1.807) is 6.07 Å². The zero-order valence-electron chi connectivity index (χ0n) is 9.10. The number of thiazole rings is 1. The van der Waals surface area contributed by atoms with Crippen molar-refractivity contribution in [1.82, 2.24) is 4.98 Å². The van der Waals surface area contributed by atoms with Crippen LogP contribution in [0.3, 0.4) is 0 Å². The van der Waals surface area contributed by atoms with Crippen LogP contribution in [0.5, 0.6) is 0 Å². The second-order valence-electron chi connectivity index (χ2n) is 3.69. The number of rotatable bonds is 4. The number of hydrogen-bond acceptors (Lipinski definition) is 5. The number of nitrogens with zero attached hydrogens (tertiary/aromatic N) is 1. The van der Waals surface area contributed by atoms with Crippen LogP contribution in [0.1, 0.15) is 0 Å². The van der Waals surface area contributed by atoms with E-state index in [1.165, 1.54) is 17.6 Å². The van der Waals surface area contributed by atoms with Gasteiger partial charge in [0.05, 0.1) is 16.0 Å². The van der Waals surface area contributed by atoms with E-state index in [0.717, 1.165) is 10.2 Å². The van der Waals surface area contributed by atoms with Crippen molar-refractivity contribution >= 4 is 48.1 Å². The largest absolute Gasteiger partial charge is 0.360 e. The summed E-state index contributed by atoms with van der Waals surface area (Å²) < 4.78 is 22.9. The first-order valence-electron chi connectivity index (χ1n) is 4.92. The molecule has 92 valence electrons. The van der Waals surface area contributed by atoms with Gasteiger partial charge in [0.25, 0.3) is 0 Å². The van der Waals surface area contributed by atoms with Gasteiger partial charge in [-0.1, -0.05) is 22.9 Å². The maximum absolute atomic E-state index is 11.0. The van der Waals surface area contributed by atoms with Crippen molar-refractivity contribution in [3.63, 3.8) is 0 Å². The molecule has 2 aromatic rings. The van der Waals surface area contributed by atoms with Crippen LogP contribution in [-0.2, 0) is 9.84 Å². The Labute approximate surface area is 109 Å². The molecule has 0 unspecified atom stereocenters. The van der Waals surface area contributed by atoms with Gasteiger partial charge < -0.3 is 5.32 Å². The van der Waals surface area contributed by atoms with Crippen LogP contribution in [0.15, 0.2) is 18.2 Å². The van der Waals surface area contributed by atoms with Gasteiger partial charge >= 0.3 is 0 Å². The Hall–Kier alpha value is -0.850. The number of halogens is 1. The van der Waals surface area contributed by atoms with Gasteiger partial charge in [0, 0.05) is 17.8 Å². The molecule has 0 amide bonds. The third-order valence-corrected chi connectivity index (χ3v) is 4.26. The Balaban J connectivity index is 2.09. The molecule has 1 aromatic carbocycles. The summed E-state index contributed by atoms with van der Waals surface area (Å²) >= 11 is 7.33. The Bertz CT molecular complexity index is 637. The molecule has 7 heteroatoms. The second kappa shape index (κ2) is 4.80. The number of benzene rings is 1. The zero-order valence-corrected chi connectivity index (χ0v) is 11.5. The highest BCUT2D eigenvalue weighted by molar-refractivity contribution is 7.90. The van der Waals surface area contributed by atoms with Crippen LogP contribution >= 0.6 is 22.9 Å². The van der Waals surface area contributed by atoms with Crippen molar-refractivity contribution in [2.45, 2.75) is 0 Å². The molecule has 0 aliphatic rings. The average molecular weight is 291 g/mol. The van der Waals surface area contributed by atoms with Crippen molar-refractivity contribution in [1.29, 1.82) is 0 Å². The van der Waals surface area contributed by atoms with E-state index < -0.39 is 9.84 Å². The topological polar surface area (TPSA) is 59.1 Å². The van der Waals surface area contributed by atoms with Crippen LogP contribution in [0.2, 0.25) is 5.02 Å². The lowest BCUT2D eigenvalue weighted by molar-refractivity contribution is 0.602. The van der Waals surface area contributed by atoms with E-state index in [4.69, 9.17) is 11.6 Å². The van der Waals surface area contributed by atoms with E-state index in [-0.39, 0.29) is 5.75 Å². The summed E-state index contributed by atoms with van der Waals surface area (Å²) in [6, 6.07) is 5.47. The molecule has 2 rings (SSSR count). The Morgan fingerprint density at radius 1 is 1.47 bits per heavy atom. The first-order chi connectivity index (χ1) is 7.94. The summed E-state index contributed by atoms with van der Waals surface area (Å²) in [5.74, 6) is 0.101.